The highest BCUT2D eigenvalue weighted by molar-refractivity contribution is 9.10. The van der Waals surface area contributed by atoms with Crippen molar-refractivity contribution in [3.63, 3.8) is 0 Å². The van der Waals surface area contributed by atoms with Gasteiger partial charge in [-0.25, -0.2) is 0 Å². The number of carbonyl (C=O) groups is 2. The zero-order valence-corrected chi connectivity index (χ0v) is 19.3. The van der Waals surface area contributed by atoms with Gasteiger partial charge in [-0.15, -0.1) is 0 Å². The van der Waals surface area contributed by atoms with Crippen molar-refractivity contribution in [3.05, 3.63) is 70.2 Å². The summed E-state index contributed by atoms with van der Waals surface area (Å²) >= 11 is 3.43. The Morgan fingerprint density at radius 3 is 2.35 bits per heavy atom. The zero-order chi connectivity index (χ0) is 22.1. The first kappa shape index (κ1) is 23.2. The lowest BCUT2D eigenvalue weighted by Gasteiger charge is -2.27. The number of halogens is 1. The average Bonchev–Trinajstić information content (AvgIpc) is 2.78. The molecule has 1 fully saturated rings. The number of rotatable bonds is 9. The Hall–Kier alpha value is -2.44. The van der Waals surface area contributed by atoms with Gasteiger partial charge in [-0.1, -0.05) is 46.6 Å². The lowest BCUT2D eigenvalue weighted by Crippen LogP contribution is -2.31. The van der Waals surface area contributed by atoms with Gasteiger partial charge < -0.3 is 16.0 Å². The van der Waals surface area contributed by atoms with Gasteiger partial charge in [-0.3, -0.25) is 9.59 Å². The minimum Gasteiger partial charge on any atom is -0.366 e. The lowest BCUT2D eigenvalue weighted by molar-refractivity contribution is -0.117. The Morgan fingerprint density at radius 1 is 1.03 bits per heavy atom. The fraction of sp³-hybridized carbons (Fsp3) is 0.360. The summed E-state index contributed by atoms with van der Waals surface area (Å²) in [7, 11) is 0. The maximum atomic E-state index is 13.2. The largest absolute Gasteiger partial charge is 0.366 e. The molecule has 2 aromatic carbocycles. The van der Waals surface area contributed by atoms with Crippen LogP contribution >= 0.6 is 15.9 Å². The van der Waals surface area contributed by atoms with Gasteiger partial charge in [0.1, 0.15) is 0 Å². The molecule has 31 heavy (non-hydrogen) atoms. The highest BCUT2D eigenvalue weighted by atomic mass is 79.9. The van der Waals surface area contributed by atoms with Gasteiger partial charge >= 0.3 is 0 Å². The molecule has 0 spiro atoms. The van der Waals surface area contributed by atoms with Crippen molar-refractivity contribution in [3.8, 4) is 0 Å². The molecule has 1 unspecified atom stereocenters. The number of nitrogens with one attached hydrogen (secondary N) is 1. The molecule has 164 valence electrons. The second-order valence-corrected chi connectivity index (χ2v) is 8.91. The second kappa shape index (κ2) is 11.8. The van der Waals surface area contributed by atoms with E-state index in [0.717, 1.165) is 53.8 Å². The smallest absolute Gasteiger partial charge is 0.241 e. The van der Waals surface area contributed by atoms with Gasteiger partial charge in [-0.05, 0) is 86.8 Å². The van der Waals surface area contributed by atoms with E-state index in [1.807, 2.05) is 48.5 Å². The molecule has 5 nitrogen and oxygen atoms in total. The first-order valence-electron chi connectivity index (χ1n) is 10.9. The first-order chi connectivity index (χ1) is 15.0. The fourth-order valence-electron chi connectivity index (χ4n) is 3.93. The van der Waals surface area contributed by atoms with Crippen LogP contribution in [-0.4, -0.2) is 36.3 Å². The monoisotopic (exact) mass is 483 g/mol. The van der Waals surface area contributed by atoms with E-state index >= 15 is 0 Å². The predicted molar refractivity (Wildman–Crippen MR) is 130 cm³/mol. The molecule has 3 rings (SSSR count). The van der Waals surface area contributed by atoms with E-state index < -0.39 is 5.91 Å². The molecular formula is C25H30BrN3O2. The molecule has 3 N–H and O–H groups in total. The lowest BCUT2D eigenvalue weighted by atomic mass is 9.92. The van der Waals surface area contributed by atoms with Crippen LogP contribution in [0.5, 0.6) is 0 Å². The Balaban J connectivity index is 1.69. The van der Waals surface area contributed by atoms with Gasteiger partial charge in [0.25, 0.3) is 0 Å². The summed E-state index contributed by atoms with van der Waals surface area (Å²) in [5.74, 6) is -0.711. The normalized spacial score (nSPS) is 15.6. The number of piperidine rings is 1. The summed E-state index contributed by atoms with van der Waals surface area (Å²) in [5.41, 5.74) is 7.81. The Morgan fingerprint density at radius 2 is 1.71 bits per heavy atom. The molecule has 1 saturated heterocycles. The van der Waals surface area contributed by atoms with Crippen LogP contribution in [0.4, 0.5) is 5.69 Å². The maximum absolute atomic E-state index is 13.2. The van der Waals surface area contributed by atoms with E-state index in [1.54, 1.807) is 6.08 Å². The molecule has 1 aliphatic heterocycles. The third kappa shape index (κ3) is 7.64. The molecule has 6 heteroatoms. The van der Waals surface area contributed by atoms with Crippen molar-refractivity contribution in [2.24, 2.45) is 5.73 Å². The summed E-state index contributed by atoms with van der Waals surface area (Å²) in [6.45, 7) is 3.36. The number of hydrogen-bond acceptors (Lipinski definition) is 3. The van der Waals surface area contributed by atoms with E-state index in [1.165, 1.54) is 25.3 Å². The minimum absolute atomic E-state index is 0.00129. The van der Waals surface area contributed by atoms with Crippen LogP contribution in [0, 0.1) is 0 Å². The van der Waals surface area contributed by atoms with E-state index in [0.29, 0.717) is 0 Å². The molecule has 0 bridgehead atoms. The van der Waals surface area contributed by atoms with E-state index in [2.05, 4.69) is 26.1 Å². The first-order valence-corrected chi connectivity index (χ1v) is 11.7. The molecule has 1 heterocycles. The van der Waals surface area contributed by atoms with Gasteiger partial charge in [0, 0.05) is 16.2 Å². The summed E-state index contributed by atoms with van der Waals surface area (Å²) in [4.78, 5) is 26.6. The number of primary amides is 1. The number of nitrogens with zero attached hydrogens (tertiary/aromatic N) is 1. The summed E-state index contributed by atoms with van der Waals surface area (Å²) in [5, 5.41) is 3.06. The number of benzene rings is 2. The second-order valence-electron chi connectivity index (χ2n) is 8.00. The average molecular weight is 484 g/mol. The minimum atomic E-state index is -0.478. The summed E-state index contributed by atoms with van der Waals surface area (Å²) < 4.78 is 0.975. The van der Waals surface area contributed by atoms with Crippen LogP contribution < -0.4 is 11.1 Å². The number of nitrogens with two attached hydrogens (primary N) is 1. The standard InChI is InChI=1S/C25H30BrN3O2/c26-21-11-13-22(14-12-21)28-25(31)23(5-4-18-29-16-2-1-3-17-29)20-9-6-19(7-10-20)8-15-24(27)30/h6-15,23H,1-5,16-18H2,(H2,27,30)(H,28,31)/b15-8+. The number of anilines is 1. The van der Waals surface area contributed by atoms with E-state index in [4.69, 9.17) is 5.73 Å². The third-order valence-corrected chi connectivity index (χ3v) is 6.15. The fourth-order valence-corrected chi connectivity index (χ4v) is 4.20. The van der Waals surface area contributed by atoms with Gasteiger partial charge in [0.2, 0.25) is 11.8 Å². The molecule has 0 saturated carbocycles. The quantitative estimate of drug-likeness (QED) is 0.496. The van der Waals surface area contributed by atoms with E-state index in [9.17, 15) is 9.59 Å². The van der Waals surface area contributed by atoms with Crippen LogP contribution in [0.2, 0.25) is 0 Å². The van der Waals surface area contributed by atoms with Crippen LogP contribution in [0.1, 0.15) is 49.1 Å². The van der Waals surface area contributed by atoms with Crippen LogP contribution in [0.3, 0.4) is 0 Å². The van der Waals surface area contributed by atoms with Crippen molar-refractivity contribution in [1.82, 2.24) is 4.90 Å². The molecule has 1 aliphatic rings. The van der Waals surface area contributed by atoms with Crippen molar-refractivity contribution in [2.45, 2.75) is 38.0 Å². The van der Waals surface area contributed by atoms with Crippen molar-refractivity contribution in [1.29, 1.82) is 0 Å². The molecular weight excluding hydrogens is 454 g/mol. The molecule has 1 atom stereocenters. The predicted octanol–water partition coefficient (Wildman–Crippen LogP) is 4.94. The van der Waals surface area contributed by atoms with Crippen molar-refractivity contribution < 1.29 is 9.59 Å². The van der Waals surface area contributed by atoms with Gasteiger partial charge in [0.05, 0.1) is 5.92 Å². The summed E-state index contributed by atoms with van der Waals surface area (Å²) in [6.07, 6.45) is 8.65. The van der Waals surface area contributed by atoms with Crippen LogP contribution in [-0.2, 0) is 9.59 Å². The molecule has 0 radical (unpaired) electrons. The van der Waals surface area contributed by atoms with Gasteiger partial charge in [-0.2, -0.15) is 0 Å². The number of hydrogen-bond donors (Lipinski definition) is 2. The molecule has 2 amide bonds. The van der Waals surface area contributed by atoms with Crippen molar-refractivity contribution in [2.75, 3.05) is 25.0 Å². The molecule has 2 aromatic rings. The number of likely N-dealkylation sites (tertiary alicyclic amines) is 1. The number of amides is 2. The van der Waals surface area contributed by atoms with Gasteiger partial charge in [0.15, 0.2) is 0 Å². The summed E-state index contributed by atoms with van der Waals surface area (Å²) in [6, 6.07) is 15.4. The molecule has 0 aromatic heterocycles. The van der Waals surface area contributed by atoms with E-state index in [-0.39, 0.29) is 11.8 Å². The Labute approximate surface area is 192 Å². The third-order valence-electron chi connectivity index (χ3n) is 5.62. The molecule has 0 aliphatic carbocycles. The SMILES string of the molecule is NC(=O)/C=C/c1ccc(C(CCCN2CCCCC2)C(=O)Nc2ccc(Br)cc2)cc1. The topological polar surface area (TPSA) is 75.4 Å². The number of carbonyl (C=O) groups excluding carboxylic acids is 2. The Kier molecular flexibility index (Phi) is 8.85. The highest BCUT2D eigenvalue weighted by Gasteiger charge is 2.21. The maximum Gasteiger partial charge on any atom is 0.241 e. The highest BCUT2D eigenvalue weighted by Crippen LogP contribution is 2.25. The van der Waals surface area contributed by atoms with Crippen molar-refractivity contribution >= 4 is 39.5 Å². The van der Waals surface area contributed by atoms with Crippen LogP contribution in [0.25, 0.3) is 6.08 Å². The van der Waals surface area contributed by atoms with Crippen LogP contribution in [0.15, 0.2) is 59.1 Å². The Bertz CT molecular complexity index is 888. The zero-order valence-electron chi connectivity index (χ0n) is 17.7.